The molecule has 7 nitrogen and oxygen atoms in total. The molecule has 1 saturated carbocycles. The van der Waals surface area contributed by atoms with Crippen molar-refractivity contribution in [1.82, 2.24) is 14.4 Å². The summed E-state index contributed by atoms with van der Waals surface area (Å²) in [5.41, 5.74) is 2.81. The molecule has 3 saturated heterocycles. The van der Waals surface area contributed by atoms with Crippen molar-refractivity contribution in [2.45, 2.75) is 50.5 Å². The predicted molar refractivity (Wildman–Crippen MR) is 134 cm³/mol. The zero-order valence-electron chi connectivity index (χ0n) is 20.2. The molecule has 4 fully saturated rings. The molecular formula is C27H36N4O3. The van der Waals surface area contributed by atoms with Gasteiger partial charge in [-0.15, -0.1) is 0 Å². The molecular weight excluding hydrogens is 428 g/mol. The Morgan fingerprint density at radius 1 is 1.09 bits per heavy atom. The molecule has 34 heavy (non-hydrogen) atoms. The Kier molecular flexibility index (Phi) is 5.65. The summed E-state index contributed by atoms with van der Waals surface area (Å²) >= 11 is 0. The average molecular weight is 465 g/mol. The van der Waals surface area contributed by atoms with Crippen molar-refractivity contribution >= 4 is 22.4 Å². The molecule has 0 atom stereocenters. The van der Waals surface area contributed by atoms with Crippen LogP contribution in [0.5, 0.6) is 0 Å². The second kappa shape index (κ2) is 8.68. The third kappa shape index (κ3) is 4.03. The SMILES string of the molecule is CNc1cn(C2CC2)c(=O)c2ccc(C3CCN(CC(=O)N4CC5(CCOCC5)C4)CC3)cc12. The molecule has 1 spiro atoms. The smallest absolute Gasteiger partial charge is 0.258 e. The largest absolute Gasteiger partial charge is 0.386 e. The summed E-state index contributed by atoms with van der Waals surface area (Å²) in [7, 11) is 1.93. The minimum Gasteiger partial charge on any atom is -0.386 e. The summed E-state index contributed by atoms with van der Waals surface area (Å²) < 4.78 is 7.40. The van der Waals surface area contributed by atoms with Crippen molar-refractivity contribution in [2.75, 3.05) is 58.3 Å². The number of pyridine rings is 1. The molecule has 1 aliphatic carbocycles. The van der Waals surface area contributed by atoms with Gasteiger partial charge in [0.25, 0.3) is 5.56 Å². The highest BCUT2D eigenvalue weighted by Gasteiger charge is 2.45. The number of aromatic nitrogens is 1. The number of amides is 1. The topological polar surface area (TPSA) is 66.8 Å². The third-order valence-electron chi connectivity index (χ3n) is 8.65. The molecule has 2 aromatic rings. The fourth-order valence-corrected chi connectivity index (χ4v) is 6.23. The van der Waals surface area contributed by atoms with Crippen molar-refractivity contribution in [1.29, 1.82) is 0 Å². The van der Waals surface area contributed by atoms with E-state index < -0.39 is 0 Å². The first-order valence-corrected chi connectivity index (χ1v) is 13.0. The maximum Gasteiger partial charge on any atom is 0.258 e. The Morgan fingerprint density at radius 3 is 2.50 bits per heavy atom. The van der Waals surface area contributed by atoms with Crippen molar-refractivity contribution in [3.63, 3.8) is 0 Å². The van der Waals surface area contributed by atoms with Crippen LogP contribution in [0.2, 0.25) is 0 Å². The minimum atomic E-state index is 0.130. The summed E-state index contributed by atoms with van der Waals surface area (Å²) in [6, 6.07) is 6.77. The lowest BCUT2D eigenvalue weighted by molar-refractivity contribution is -0.151. The predicted octanol–water partition coefficient (Wildman–Crippen LogP) is 3.20. The van der Waals surface area contributed by atoms with Gasteiger partial charge >= 0.3 is 0 Å². The third-order valence-corrected chi connectivity index (χ3v) is 8.65. The number of anilines is 1. The molecule has 1 aromatic heterocycles. The summed E-state index contributed by atoms with van der Waals surface area (Å²) in [6.07, 6.45) is 8.49. The van der Waals surface area contributed by atoms with Gasteiger partial charge in [0, 0.05) is 61.8 Å². The number of carbonyl (C=O) groups is 1. The quantitative estimate of drug-likeness (QED) is 0.736. The van der Waals surface area contributed by atoms with Crippen LogP contribution in [0.15, 0.2) is 29.2 Å². The van der Waals surface area contributed by atoms with Crippen LogP contribution >= 0.6 is 0 Å². The van der Waals surface area contributed by atoms with E-state index in [1.165, 1.54) is 5.56 Å². The Labute approximate surface area is 201 Å². The van der Waals surface area contributed by atoms with Gasteiger partial charge in [-0.05, 0) is 75.2 Å². The van der Waals surface area contributed by atoms with Gasteiger partial charge in [0.15, 0.2) is 0 Å². The van der Waals surface area contributed by atoms with Gasteiger partial charge in [-0.1, -0.05) is 6.07 Å². The second-order valence-electron chi connectivity index (χ2n) is 11.0. The van der Waals surface area contributed by atoms with Gasteiger partial charge < -0.3 is 19.5 Å². The number of fused-ring (bicyclic) bond motifs is 1. The molecule has 4 aliphatic rings. The first kappa shape index (κ1) is 22.1. The first-order chi connectivity index (χ1) is 16.5. The van der Waals surface area contributed by atoms with Crippen LogP contribution in [0.25, 0.3) is 10.8 Å². The number of carbonyl (C=O) groups excluding carboxylic acids is 1. The average Bonchev–Trinajstić information content (AvgIpc) is 3.69. The fourth-order valence-electron chi connectivity index (χ4n) is 6.23. The molecule has 0 radical (unpaired) electrons. The van der Waals surface area contributed by atoms with E-state index in [4.69, 9.17) is 4.74 Å². The van der Waals surface area contributed by atoms with E-state index in [0.717, 1.165) is 94.4 Å². The van der Waals surface area contributed by atoms with E-state index in [9.17, 15) is 9.59 Å². The van der Waals surface area contributed by atoms with E-state index in [0.29, 0.717) is 23.9 Å². The lowest BCUT2D eigenvalue weighted by atomic mass is 9.73. The molecule has 1 N–H and O–H groups in total. The van der Waals surface area contributed by atoms with E-state index in [-0.39, 0.29) is 11.5 Å². The summed E-state index contributed by atoms with van der Waals surface area (Å²) in [6.45, 7) is 5.96. The Balaban J connectivity index is 1.08. The van der Waals surface area contributed by atoms with Crippen LogP contribution in [0, 0.1) is 5.41 Å². The van der Waals surface area contributed by atoms with Crippen molar-refractivity contribution in [3.05, 3.63) is 40.3 Å². The summed E-state index contributed by atoms with van der Waals surface area (Å²) in [4.78, 5) is 30.2. The summed E-state index contributed by atoms with van der Waals surface area (Å²) in [5.74, 6) is 0.757. The second-order valence-corrected chi connectivity index (χ2v) is 11.0. The van der Waals surface area contributed by atoms with Gasteiger partial charge in [0.2, 0.25) is 5.91 Å². The normalized spacial score (nSPS) is 23.3. The Morgan fingerprint density at radius 2 is 1.82 bits per heavy atom. The van der Waals surface area contributed by atoms with Crippen LogP contribution < -0.4 is 10.9 Å². The van der Waals surface area contributed by atoms with Crippen molar-refractivity contribution < 1.29 is 9.53 Å². The van der Waals surface area contributed by atoms with Crippen LogP contribution in [0.4, 0.5) is 5.69 Å². The Hall–Kier alpha value is -2.38. The fraction of sp³-hybridized carbons (Fsp3) is 0.630. The highest BCUT2D eigenvalue weighted by atomic mass is 16.5. The zero-order valence-corrected chi connectivity index (χ0v) is 20.2. The molecule has 1 amide bonds. The number of hydrogen-bond acceptors (Lipinski definition) is 5. The maximum atomic E-state index is 13.0. The Bertz CT molecular complexity index is 1130. The highest BCUT2D eigenvalue weighted by molar-refractivity contribution is 5.93. The van der Waals surface area contributed by atoms with Gasteiger partial charge in [-0.25, -0.2) is 0 Å². The van der Waals surface area contributed by atoms with Gasteiger partial charge in [-0.3, -0.25) is 14.5 Å². The minimum absolute atomic E-state index is 0.130. The van der Waals surface area contributed by atoms with Crippen LogP contribution in [-0.4, -0.2) is 73.3 Å². The molecule has 0 unspecified atom stereocenters. The standard InChI is InChI=1S/C27H36N4O3/c1-28-24-15-31(21-3-4-21)26(33)22-5-2-20(14-23(22)24)19-6-10-29(11-7-19)16-25(32)30-17-27(18-30)8-12-34-13-9-27/h2,5,14-15,19,21,28H,3-4,6-13,16-18H2,1H3. The maximum absolute atomic E-state index is 13.0. The lowest BCUT2D eigenvalue weighted by Gasteiger charge is -2.52. The van der Waals surface area contributed by atoms with Gasteiger partial charge in [-0.2, -0.15) is 0 Å². The number of likely N-dealkylation sites (tertiary alicyclic amines) is 2. The molecule has 0 bridgehead atoms. The molecule has 4 heterocycles. The van der Waals surface area contributed by atoms with Gasteiger partial charge in [0.05, 0.1) is 12.2 Å². The van der Waals surface area contributed by atoms with Crippen molar-refractivity contribution in [2.24, 2.45) is 5.41 Å². The molecule has 1 aromatic carbocycles. The molecule has 6 rings (SSSR count). The number of nitrogens with zero attached hydrogens (tertiary/aromatic N) is 3. The lowest BCUT2D eigenvalue weighted by Crippen LogP contribution is -2.61. The summed E-state index contributed by atoms with van der Waals surface area (Å²) in [5, 5.41) is 5.14. The van der Waals surface area contributed by atoms with E-state index in [1.54, 1.807) is 0 Å². The molecule has 7 heteroatoms. The van der Waals surface area contributed by atoms with E-state index >= 15 is 0 Å². The number of benzene rings is 1. The number of nitrogens with one attached hydrogen (secondary N) is 1. The van der Waals surface area contributed by atoms with Crippen molar-refractivity contribution in [3.8, 4) is 0 Å². The monoisotopic (exact) mass is 464 g/mol. The highest BCUT2D eigenvalue weighted by Crippen LogP contribution is 2.40. The molecule has 3 aliphatic heterocycles. The first-order valence-electron chi connectivity index (χ1n) is 13.0. The van der Waals surface area contributed by atoms with Crippen LogP contribution in [0.1, 0.15) is 56.0 Å². The van der Waals surface area contributed by atoms with Crippen LogP contribution in [0.3, 0.4) is 0 Å². The number of hydrogen-bond donors (Lipinski definition) is 1. The van der Waals surface area contributed by atoms with E-state index in [2.05, 4.69) is 27.2 Å². The van der Waals surface area contributed by atoms with E-state index in [1.807, 2.05) is 23.9 Å². The van der Waals surface area contributed by atoms with Crippen LogP contribution in [-0.2, 0) is 9.53 Å². The number of piperidine rings is 1. The molecule has 182 valence electrons. The zero-order chi connectivity index (χ0) is 23.3. The number of ether oxygens (including phenoxy) is 1. The van der Waals surface area contributed by atoms with Gasteiger partial charge in [0.1, 0.15) is 0 Å². The number of rotatable bonds is 5.